The summed E-state index contributed by atoms with van der Waals surface area (Å²) >= 11 is 3.29. The van der Waals surface area contributed by atoms with Crippen LogP contribution in [0.25, 0.3) is 0 Å². The van der Waals surface area contributed by atoms with Gasteiger partial charge >= 0.3 is 0 Å². The van der Waals surface area contributed by atoms with Crippen LogP contribution in [0.2, 0.25) is 0 Å². The number of aryl methyl sites for hydroxylation is 1. The molecule has 0 aliphatic heterocycles. The Hall–Kier alpha value is -2.19. The van der Waals surface area contributed by atoms with E-state index >= 15 is 0 Å². The van der Waals surface area contributed by atoms with Crippen LogP contribution in [-0.2, 0) is 16.4 Å². The summed E-state index contributed by atoms with van der Waals surface area (Å²) in [6, 6.07) is 13.6. The minimum atomic E-state index is -3.68. The second-order valence-electron chi connectivity index (χ2n) is 5.13. The monoisotopic (exact) mass is 407 g/mol. The molecular formula is C16H14BrN3O3S. The van der Waals surface area contributed by atoms with Gasteiger partial charge in [0.1, 0.15) is 0 Å². The van der Waals surface area contributed by atoms with Crippen LogP contribution in [0.1, 0.15) is 17.3 Å². The number of hydrogen-bond acceptors (Lipinski definition) is 5. The van der Waals surface area contributed by atoms with Crippen LogP contribution in [-0.4, -0.2) is 18.6 Å². The fourth-order valence-electron chi connectivity index (χ4n) is 2.17. The maximum absolute atomic E-state index is 12.5. The highest BCUT2D eigenvalue weighted by molar-refractivity contribution is 9.10. The number of halogens is 1. The van der Waals surface area contributed by atoms with Crippen LogP contribution in [0.15, 0.2) is 62.4 Å². The van der Waals surface area contributed by atoms with E-state index < -0.39 is 10.0 Å². The van der Waals surface area contributed by atoms with Crippen LogP contribution in [0.4, 0.5) is 5.69 Å². The maximum atomic E-state index is 12.5. The molecule has 0 bridgehead atoms. The summed E-state index contributed by atoms with van der Waals surface area (Å²) in [4.78, 5) is 4.34. The number of aromatic nitrogens is 2. The van der Waals surface area contributed by atoms with Gasteiger partial charge in [-0.05, 0) is 42.8 Å². The molecule has 24 heavy (non-hydrogen) atoms. The van der Waals surface area contributed by atoms with E-state index in [4.69, 9.17) is 4.52 Å². The first-order valence-electron chi connectivity index (χ1n) is 7.09. The molecule has 1 N–H and O–H groups in total. The van der Waals surface area contributed by atoms with Crippen LogP contribution in [0, 0.1) is 6.92 Å². The Bertz CT molecular complexity index is 953. The number of rotatable bonds is 5. The fraction of sp³-hybridized carbons (Fsp3) is 0.125. The molecule has 0 saturated carbocycles. The predicted molar refractivity (Wildman–Crippen MR) is 93.2 cm³/mol. The minimum absolute atomic E-state index is 0.189. The number of sulfonamides is 1. The average Bonchev–Trinajstić information content (AvgIpc) is 2.94. The molecular weight excluding hydrogens is 394 g/mol. The lowest BCUT2D eigenvalue weighted by atomic mass is 10.1. The first-order valence-corrected chi connectivity index (χ1v) is 9.37. The quantitative estimate of drug-likeness (QED) is 0.698. The van der Waals surface area contributed by atoms with Crippen molar-refractivity contribution in [1.82, 2.24) is 10.1 Å². The molecule has 2 aromatic carbocycles. The van der Waals surface area contributed by atoms with Gasteiger partial charge in [0, 0.05) is 4.47 Å². The topological polar surface area (TPSA) is 85.1 Å². The molecule has 3 aromatic rings. The second-order valence-corrected chi connectivity index (χ2v) is 7.73. The summed E-state index contributed by atoms with van der Waals surface area (Å²) in [6.07, 6.45) is 0.347. The molecule has 0 unspecified atom stereocenters. The van der Waals surface area contributed by atoms with Crippen molar-refractivity contribution in [2.75, 3.05) is 4.72 Å². The molecule has 1 aromatic heterocycles. The van der Waals surface area contributed by atoms with E-state index in [1.807, 2.05) is 12.1 Å². The smallest absolute Gasteiger partial charge is 0.261 e. The van der Waals surface area contributed by atoms with Crippen molar-refractivity contribution in [3.05, 3.63) is 70.3 Å². The van der Waals surface area contributed by atoms with Crippen molar-refractivity contribution < 1.29 is 12.9 Å². The Labute approximate surface area is 148 Å². The third kappa shape index (κ3) is 3.82. The maximum Gasteiger partial charge on any atom is 0.261 e. The van der Waals surface area contributed by atoms with Crippen molar-refractivity contribution in [1.29, 1.82) is 0 Å². The SMILES string of the molecule is Cc1noc(Cc2ccccc2NS(=O)(=O)c2ccc(Br)cc2)n1. The first kappa shape index (κ1) is 16.7. The first-order chi connectivity index (χ1) is 11.4. The van der Waals surface area contributed by atoms with E-state index in [2.05, 4.69) is 30.8 Å². The van der Waals surface area contributed by atoms with Gasteiger partial charge in [-0.3, -0.25) is 4.72 Å². The van der Waals surface area contributed by atoms with Gasteiger partial charge in [-0.15, -0.1) is 0 Å². The van der Waals surface area contributed by atoms with E-state index in [0.29, 0.717) is 23.8 Å². The van der Waals surface area contributed by atoms with Crippen molar-refractivity contribution >= 4 is 31.6 Å². The van der Waals surface area contributed by atoms with E-state index in [1.165, 1.54) is 12.1 Å². The molecule has 0 atom stereocenters. The second kappa shape index (κ2) is 6.74. The van der Waals surface area contributed by atoms with Gasteiger partial charge in [-0.2, -0.15) is 4.98 Å². The lowest BCUT2D eigenvalue weighted by Crippen LogP contribution is -2.14. The number of nitrogens with one attached hydrogen (secondary N) is 1. The normalized spacial score (nSPS) is 11.4. The molecule has 0 aliphatic rings. The summed E-state index contributed by atoms with van der Waals surface area (Å²) in [5.74, 6) is 0.973. The minimum Gasteiger partial charge on any atom is -0.339 e. The Kier molecular flexibility index (Phi) is 4.68. The van der Waals surface area contributed by atoms with Crippen LogP contribution in [0.5, 0.6) is 0 Å². The number of para-hydroxylation sites is 1. The zero-order valence-electron chi connectivity index (χ0n) is 12.7. The molecule has 0 aliphatic carbocycles. The van der Waals surface area contributed by atoms with Crippen LogP contribution < -0.4 is 4.72 Å². The Balaban J connectivity index is 1.88. The third-order valence-corrected chi connectivity index (χ3v) is 5.21. The highest BCUT2D eigenvalue weighted by Crippen LogP contribution is 2.23. The van der Waals surface area contributed by atoms with Gasteiger partial charge < -0.3 is 4.52 Å². The van der Waals surface area contributed by atoms with E-state index in [1.54, 1.807) is 31.2 Å². The molecule has 1 heterocycles. The summed E-state index contributed by atoms with van der Waals surface area (Å²) in [5.41, 5.74) is 1.23. The van der Waals surface area contributed by atoms with Gasteiger partial charge in [0.25, 0.3) is 10.0 Å². The Morgan fingerprint density at radius 3 is 2.50 bits per heavy atom. The van der Waals surface area contributed by atoms with Crippen molar-refractivity contribution in [2.24, 2.45) is 0 Å². The highest BCUT2D eigenvalue weighted by atomic mass is 79.9. The fourth-order valence-corrected chi connectivity index (χ4v) is 3.53. The predicted octanol–water partition coefficient (Wildman–Crippen LogP) is 3.53. The molecule has 6 nitrogen and oxygen atoms in total. The zero-order valence-corrected chi connectivity index (χ0v) is 15.1. The molecule has 0 amide bonds. The molecule has 0 saturated heterocycles. The van der Waals surface area contributed by atoms with Gasteiger partial charge in [-0.1, -0.05) is 39.3 Å². The lowest BCUT2D eigenvalue weighted by Gasteiger charge is -2.11. The summed E-state index contributed by atoms with van der Waals surface area (Å²) in [7, 11) is -3.68. The van der Waals surface area contributed by atoms with Crippen molar-refractivity contribution in [3.8, 4) is 0 Å². The number of nitrogens with zero attached hydrogens (tertiary/aromatic N) is 2. The standard InChI is InChI=1S/C16H14BrN3O3S/c1-11-18-16(23-19-11)10-12-4-2-3-5-15(12)20-24(21,22)14-8-6-13(17)7-9-14/h2-9,20H,10H2,1H3. The van der Waals surface area contributed by atoms with Gasteiger partial charge in [0.05, 0.1) is 17.0 Å². The van der Waals surface area contributed by atoms with E-state index in [9.17, 15) is 8.42 Å². The molecule has 8 heteroatoms. The molecule has 0 fully saturated rings. The Morgan fingerprint density at radius 1 is 1.12 bits per heavy atom. The van der Waals surface area contributed by atoms with E-state index in [0.717, 1.165) is 10.0 Å². The van der Waals surface area contributed by atoms with Gasteiger partial charge in [0.2, 0.25) is 5.89 Å². The summed E-state index contributed by atoms with van der Waals surface area (Å²) in [6.45, 7) is 1.73. The Morgan fingerprint density at radius 2 is 1.83 bits per heavy atom. The lowest BCUT2D eigenvalue weighted by molar-refractivity contribution is 0.381. The molecule has 3 rings (SSSR count). The summed E-state index contributed by atoms with van der Waals surface area (Å²) in [5, 5.41) is 3.74. The number of anilines is 1. The summed E-state index contributed by atoms with van der Waals surface area (Å²) < 4.78 is 33.6. The molecule has 124 valence electrons. The average molecular weight is 408 g/mol. The largest absolute Gasteiger partial charge is 0.339 e. The van der Waals surface area contributed by atoms with Gasteiger partial charge in [0.15, 0.2) is 5.82 Å². The number of hydrogen-bond donors (Lipinski definition) is 1. The number of benzene rings is 2. The van der Waals surface area contributed by atoms with E-state index in [-0.39, 0.29) is 4.90 Å². The zero-order chi connectivity index (χ0) is 17.2. The van der Waals surface area contributed by atoms with Crippen molar-refractivity contribution in [3.63, 3.8) is 0 Å². The van der Waals surface area contributed by atoms with Crippen LogP contribution in [0.3, 0.4) is 0 Å². The van der Waals surface area contributed by atoms with Crippen LogP contribution >= 0.6 is 15.9 Å². The van der Waals surface area contributed by atoms with Crippen molar-refractivity contribution in [2.45, 2.75) is 18.2 Å². The molecule has 0 spiro atoms. The highest BCUT2D eigenvalue weighted by Gasteiger charge is 2.16. The molecule has 0 radical (unpaired) electrons. The van der Waals surface area contributed by atoms with Gasteiger partial charge in [-0.25, -0.2) is 8.42 Å². The third-order valence-electron chi connectivity index (χ3n) is 3.30.